The zero-order valence-electron chi connectivity index (χ0n) is 33.3. The molecule has 0 fully saturated rings. The molecule has 6 heterocycles. The first-order chi connectivity index (χ1) is 30.2. The summed E-state index contributed by atoms with van der Waals surface area (Å²) in [7, 11) is 2.62. The average molecular weight is 903 g/mol. The minimum atomic E-state index is -4.63. The summed E-state index contributed by atoms with van der Waals surface area (Å²) in [4.78, 5) is 60.4. The van der Waals surface area contributed by atoms with E-state index >= 15 is 0 Å². The molecule has 2 atom stereocenters. The van der Waals surface area contributed by atoms with Crippen LogP contribution in [0.15, 0.2) is 73.3 Å². The molecular formula is C38H34F8N14O4. The summed E-state index contributed by atoms with van der Waals surface area (Å²) in [5.74, 6) is -3.85. The number of amides is 4. The molecule has 18 nitrogen and oxygen atoms in total. The van der Waals surface area contributed by atoms with E-state index in [9.17, 15) is 54.3 Å². The van der Waals surface area contributed by atoms with Crippen LogP contribution >= 0.6 is 0 Å². The van der Waals surface area contributed by atoms with Crippen molar-refractivity contribution >= 4 is 35.3 Å². The van der Waals surface area contributed by atoms with Crippen molar-refractivity contribution in [2.75, 3.05) is 23.9 Å². The second-order valence-corrected chi connectivity index (χ2v) is 14.4. The van der Waals surface area contributed by atoms with Crippen molar-refractivity contribution in [1.29, 1.82) is 0 Å². The van der Waals surface area contributed by atoms with Gasteiger partial charge in [-0.1, -0.05) is 24.3 Å². The molecule has 2 aliphatic heterocycles. The molecule has 0 saturated carbocycles. The van der Waals surface area contributed by atoms with Crippen LogP contribution in [-0.4, -0.2) is 98.9 Å². The lowest BCUT2D eigenvalue weighted by molar-refractivity contribution is -0.142. The van der Waals surface area contributed by atoms with Crippen molar-refractivity contribution in [3.05, 3.63) is 119 Å². The maximum absolute atomic E-state index is 13.3. The number of nitrogens with one attached hydrogen (secondary N) is 2. The molecule has 26 heteroatoms. The second kappa shape index (κ2) is 17.7. The molecule has 0 bridgehead atoms. The minimum Gasteiger partial charge on any atom is -0.337 e. The molecule has 2 aliphatic rings. The molecule has 2 aromatic carbocycles. The molecule has 0 spiro atoms. The van der Waals surface area contributed by atoms with Gasteiger partial charge in [0, 0.05) is 39.3 Å². The predicted octanol–water partition coefficient (Wildman–Crippen LogP) is 3.69. The normalized spacial score (nSPS) is 16.6. The predicted molar refractivity (Wildman–Crippen MR) is 204 cm³/mol. The number of carbonyl (C=O) groups excluding carboxylic acids is 4. The van der Waals surface area contributed by atoms with Crippen LogP contribution in [0.2, 0.25) is 0 Å². The molecule has 0 aliphatic carbocycles. The van der Waals surface area contributed by atoms with Gasteiger partial charge in [-0.3, -0.25) is 29.0 Å². The molecule has 4 aromatic heterocycles. The minimum absolute atomic E-state index is 0.00607. The van der Waals surface area contributed by atoms with Gasteiger partial charge in [-0.25, -0.2) is 37.5 Å². The quantitative estimate of drug-likeness (QED) is 0.213. The van der Waals surface area contributed by atoms with Crippen molar-refractivity contribution in [1.82, 2.24) is 59.7 Å². The first-order valence-corrected chi connectivity index (χ1v) is 19.0. The van der Waals surface area contributed by atoms with Crippen LogP contribution in [0.3, 0.4) is 0 Å². The van der Waals surface area contributed by atoms with E-state index in [4.69, 9.17) is 0 Å². The summed E-state index contributed by atoms with van der Waals surface area (Å²) >= 11 is 0. The third-order valence-electron chi connectivity index (χ3n) is 9.86. The molecule has 64 heavy (non-hydrogen) atoms. The highest BCUT2D eigenvalue weighted by atomic mass is 19.4. The summed E-state index contributed by atoms with van der Waals surface area (Å²) in [6.45, 7) is 0.360. The van der Waals surface area contributed by atoms with Gasteiger partial charge in [0.25, 0.3) is 23.6 Å². The molecule has 0 radical (unpaired) electrons. The van der Waals surface area contributed by atoms with E-state index in [2.05, 4.69) is 41.0 Å². The van der Waals surface area contributed by atoms with E-state index in [1.165, 1.54) is 60.4 Å². The third-order valence-corrected chi connectivity index (χ3v) is 9.86. The van der Waals surface area contributed by atoms with Gasteiger partial charge in [-0.15, -0.1) is 10.2 Å². The van der Waals surface area contributed by atoms with Crippen LogP contribution in [-0.2, 0) is 48.1 Å². The molecule has 6 aromatic rings. The smallest absolute Gasteiger partial charge is 0.337 e. The Balaban J connectivity index is 0.000000191. The highest BCUT2D eigenvalue weighted by Gasteiger charge is 2.40. The third kappa shape index (κ3) is 10.0. The Morgan fingerprint density at radius 2 is 1.02 bits per heavy atom. The fraction of sp³-hybridized carbons (Fsp3) is 0.316. The summed E-state index contributed by atoms with van der Waals surface area (Å²) in [5, 5.41) is 20.2. The molecule has 2 N–H and O–H groups in total. The molecule has 0 unspecified atom stereocenters. The number of aromatic nitrogens is 10. The van der Waals surface area contributed by atoms with E-state index in [-0.39, 0.29) is 62.3 Å². The Hall–Kier alpha value is -7.54. The van der Waals surface area contributed by atoms with E-state index in [0.29, 0.717) is 11.1 Å². The molecule has 0 saturated heterocycles. The first-order valence-electron chi connectivity index (χ1n) is 19.0. The van der Waals surface area contributed by atoms with E-state index in [1.807, 2.05) is 0 Å². The second-order valence-electron chi connectivity index (χ2n) is 14.4. The van der Waals surface area contributed by atoms with Crippen LogP contribution < -0.4 is 20.4 Å². The lowest BCUT2D eigenvalue weighted by Gasteiger charge is -2.19. The summed E-state index contributed by atoms with van der Waals surface area (Å²) < 4.78 is 109. The van der Waals surface area contributed by atoms with E-state index in [1.54, 1.807) is 24.3 Å². The SMILES string of the molecule is CN1C(=O)[C@@H](NC(=O)c2ncn(Cc3cccc(F)c3)n2)CCn2nc(C(F)(F)F)cc21.CN1C(=O)[C@H](NC(=O)c2ncn(Cc3cccc(F)c3)n2)CCn2nc(C(F)(F)F)cc21. The Morgan fingerprint density at radius 3 is 1.38 bits per heavy atom. The van der Waals surface area contributed by atoms with Crippen molar-refractivity contribution in [2.24, 2.45) is 0 Å². The highest BCUT2D eigenvalue weighted by Crippen LogP contribution is 2.33. The number of halogens is 8. The average Bonchev–Trinajstić information content (AvgIpc) is 4.05. The molecule has 8 rings (SSSR count). The standard InChI is InChI=1S/2C19H17F4N7O2/c2*1-28-15-8-14(19(21,22)23)26-30(15)6-5-13(18(28)32)25-17(31)16-24-10-29(27-16)9-11-3-2-4-12(20)7-11/h2*2-4,7-8,10,13H,5-6,9H2,1H3,(H,25,31)/t2*13-/m10/s1. The van der Waals surface area contributed by atoms with Gasteiger partial charge >= 0.3 is 12.4 Å². The molecule has 336 valence electrons. The summed E-state index contributed by atoms with van der Waals surface area (Å²) in [6.07, 6.45) is -6.60. The van der Waals surface area contributed by atoms with Crippen molar-refractivity contribution < 1.29 is 54.3 Å². The Morgan fingerprint density at radius 1 is 0.625 bits per heavy atom. The van der Waals surface area contributed by atoms with Gasteiger partial charge < -0.3 is 10.6 Å². The lowest BCUT2D eigenvalue weighted by atomic mass is 10.2. The number of hydrogen-bond donors (Lipinski definition) is 2. The lowest BCUT2D eigenvalue weighted by Crippen LogP contribution is -2.47. The molecular weight excluding hydrogens is 868 g/mol. The van der Waals surface area contributed by atoms with E-state index in [0.717, 1.165) is 31.3 Å². The maximum atomic E-state index is 13.3. The van der Waals surface area contributed by atoms with Crippen molar-refractivity contribution in [3.63, 3.8) is 0 Å². The zero-order valence-corrected chi connectivity index (χ0v) is 33.3. The Bertz CT molecular complexity index is 2520. The van der Waals surface area contributed by atoms with Gasteiger partial charge in [0.2, 0.25) is 11.6 Å². The number of fused-ring (bicyclic) bond motifs is 2. The van der Waals surface area contributed by atoms with Crippen LogP contribution in [0.5, 0.6) is 0 Å². The Labute approximate surface area is 355 Å². The van der Waals surface area contributed by atoms with Crippen molar-refractivity contribution in [2.45, 2.75) is 63.5 Å². The van der Waals surface area contributed by atoms with Crippen molar-refractivity contribution in [3.8, 4) is 0 Å². The zero-order chi connectivity index (χ0) is 46.1. The number of alkyl halides is 6. The van der Waals surface area contributed by atoms with Gasteiger partial charge in [0.1, 0.15) is 48.0 Å². The Kier molecular flexibility index (Phi) is 12.3. The first kappa shape index (κ1) is 44.5. The number of benzene rings is 2. The largest absolute Gasteiger partial charge is 0.435 e. The summed E-state index contributed by atoms with van der Waals surface area (Å²) in [5.41, 5.74) is -0.949. The number of rotatable bonds is 8. The van der Waals surface area contributed by atoms with Gasteiger partial charge in [-0.05, 0) is 48.2 Å². The van der Waals surface area contributed by atoms with Gasteiger partial charge in [-0.2, -0.15) is 36.5 Å². The fourth-order valence-electron chi connectivity index (χ4n) is 6.71. The van der Waals surface area contributed by atoms with Crippen LogP contribution in [0, 0.1) is 11.6 Å². The van der Waals surface area contributed by atoms with Crippen LogP contribution in [0.4, 0.5) is 46.8 Å². The maximum Gasteiger partial charge on any atom is 0.435 e. The van der Waals surface area contributed by atoms with E-state index < -0.39 is 71.1 Å². The molecule has 4 amide bonds. The topological polar surface area (TPSA) is 196 Å². The van der Waals surface area contributed by atoms with Gasteiger partial charge in [0.05, 0.1) is 13.1 Å². The monoisotopic (exact) mass is 902 g/mol. The fourth-order valence-corrected chi connectivity index (χ4v) is 6.71. The highest BCUT2D eigenvalue weighted by molar-refractivity contribution is 6.01. The van der Waals surface area contributed by atoms with Crippen LogP contribution in [0.1, 0.15) is 56.6 Å². The van der Waals surface area contributed by atoms with Crippen LogP contribution in [0.25, 0.3) is 0 Å². The van der Waals surface area contributed by atoms with Gasteiger partial charge in [0.15, 0.2) is 11.4 Å². The number of likely N-dealkylation sites (N-methyl/N-ethyl adjacent to an activating group) is 2. The number of nitrogens with zero attached hydrogens (tertiary/aromatic N) is 12. The number of anilines is 2. The number of hydrogen-bond acceptors (Lipinski definition) is 10. The number of aryl methyl sites for hydroxylation is 2. The number of carbonyl (C=O) groups is 4. The summed E-state index contributed by atoms with van der Waals surface area (Å²) in [6, 6.07) is 11.3.